The van der Waals surface area contributed by atoms with Crippen LogP contribution >= 0.6 is 11.6 Å². The smallest absolute Gasteiger partial charge is 0.223 e. The van der Waals surface area contributed by atoms with Crippen LogP contribution in [0.25, 0.3) is 22.4 Å². The molecule has 0 bridgehead atoms. The molecule has 0 aliphatic rings. The van der Waals surface area contributed by atoms with Crippen molar-refractivity contribution in [2.75, 3.05) is 11.9 Å². The molecule has 1 heterocycles. The first-order chi connectivity index (χ1) is 16.8. The van der Waals surface area contributed by atoms with Crippen molar-refractivity contribution in [2.24, 2.45) is 0 Å². The maximum atomic E-state index is 6.27. The van der Waals surface area contributed by atoms with Crippen molar-refractivity contribution in [3.8, 4) is 22.4 Å². The van der Waals surface area contributed by atoms with Crippen molar-refractivity contribution in [1.82, 2.24) is 9.97 Å². The fraction of sp³-hybridized carbons (Fsp3) is 0.0667. The molecule has 1 aromatic heterocycles. The number of anilines is 1. The van der Waals surface area contributed by atoms with Gasteiger partial charge in [-0.3, -0.25) is 0 Å². The summed E-state index contributed by atoms with van der Waals surface area (Å²) in [5.74, 6) is 0.778. The van der Waals surface area contributed by atoms with Gasteiger partial charge in [-0.25, -0.2) is 9.97 Å². The number of benzene rings is 4. The van der Waals surface area contributed by atoms with Gasteiger partial charge in [0, 0.05) is 34.8 Å². The van der Waals surface area contributed by atoms with E-state index in [2.05, 4.69) is 71.0 Å². The minimum atomic E-state index is 0.179. The highest BCUT2D eigenvalue weighted by molar-refractivity contribution is 6.30. The quantitative estimate of drug-likeness (QED) is 0.269. The lowest BCUT2D eigenvalue weighted by atomic mass is 9.91. The molecular weight excluding hydrogens is 438 g/mol. The minimum absolute atomic E-state index is 0.179. The first-order valence-corrected chi connectivity index (χ1v) is 11.7. The van der Waals surface area contributed by atoms with Crippen molar-refractivity contribution in [1.29, 1.82) is 0 Å². The number of hydrogen-bond donors (Lipinski definition) is 1. The minimum Gasteiger partial charge on any atom is -0.353 e. The fourth-order valence-corrected chi connectivity index (χ4v) is 4.33. The summed E-state index contributed by atoms with van der Waals surface area (Å²) in [7, 11) is 0. The van der Waals surface area contributed by atoms with Gasteiger partial charge in [0.05, 0.1) is 5.69 Å². The van der Waals surface area contributed by atoms with Crippen LogP contribution in [0.1, 0.15) is 17.0 Å². The molecule has 0 spiro atoms. The molecule has 1 N–H and O–H groups in total. The van der Waals surface area contributed by atoms with E-state index < -0.39 is 0 Å². The van der Waals surface area contributed by atoms with E-state index in [-0.39, 0.29) is 5.92 Å². The topological polar surface area (TPSA) is 37.8 Å². The van der Waals surface area contributed by atoms with Crippen LogP contribution in [0.2, 0.25) is 5.02 Å². The fourth-order valence-electron chi connectivity index (χ4n) is 4.14. The van der Waals surface area contributed by atoms with Gasteiger partial charge in [0.25, 0.3) is 0 Å². The lowest BCUT2D eigenvalue weighted by Gasteiger charge is -2.19. The summed E-state index contributed by atoms with van der Waals surface area (Å²) in [5, 5.41) is 4.18. The lowest BCUT2D eigenvalue weighted by molar-refractivity contribution is 0.842. The number of aromatic nitrogens is 2. The molecule has 4 aromatic carbocycles. The van der Waals surface area contributed by atoms with Crippen LogP contribution in [0.5, 0.6) is 0 Å². The van der Waals surface area contributed by atoms with Gasteiger partial charge in [0.2, 0.25) is 5.95 Å². The third kappa shape index (κ3) is 5.00. The number of nitrogens with zero attached hydrogens (tertiary/aromatic N) is 2. The molecule has 3 nitrogen and oxygen atoms in total. The predicted molar refractivity (Wildman–Crippen MR) is 141 cm³/mol. The number of nitrogens with one attached hydrogen (secondary N) is 1. The Kier molecular flexibility index (Phi) is 6.64. The van der Waals surface area contributed by atoms with Crippen LogP contribution in [0, 0.1) is 0 Å². The number of rotatable bonds is 7. The maximum absolute atomic E-state index is 6.27. The molecule has 0 saturated carbocycles. The van der Waals surface area contributed by atoms with Crippen molar-refractivity contribution >= 4 is 17.5 Å². The summed E-state index contributed by atoms with van der Waals surface area (Å²) >= 11 is 6.27. The molecule has 4 heteroatoms. The van der Waals surface area contributed by atoms with Crippen LogP contribution < -0.4 is 5.32 Å². The van der Waals surface area contributed by atoms with E-state index in [1.54, 1.807) is 0 Å². The lowest BCUT2D eigenvalue weighted by Crippen LogP contribution is -2.16. The summed E-state index contributed by atoms with van der Waals surface area (Å²) in [5.41, 5.74) is 6.34. The van der Waals surface area contributed by atoms with Crippen molar-refractivity contribution in [3.63, 3.8) is 0 Å². The standard InChI is InChI=1S/C30H24ClN3/c31-26-18-10-17-25(19-26)28-21-33-30(34-29(28)24-15-8-3-9-16-24)32-20-27(22-11-4-1-5-12-22)23-13-6-2-7-14-23/h1-19,21,27H,20H2,(H,32,33,34). The average Bonchev–Trinajstić information content (AvgIpc) is 2.90. The van der Waals surface area contributed by atoms with Gasteiger partial charge in [0.15, 0.2) is 0 Å². The molecular formula is C30H24ClN3. The Hall–Kier alpha value is -3.95. The van der Waals surface area contributed by atoms with Crippen LogP contribution in [0.15, 0.2) is 121 Å². The van der Waals surface area contributed by atoms with Crippen LogP contribution in [0.3, 0.4) is 0 Å². The Morgan fingerprint density at radius 3 is 1.88 bits per heavy atom. The monoisotopic (exact) mass is 461 g/mol. The van der Waals surface area contributed by atoms with E-state index in [4.69, 9.17) is 16.6 Å². The Bertz CT molecular complexity index is 1320. The molecule has 34 heavy (non-hydrogen) atoms. The van der Waals surface area contributed by atoms with Gasteiger partial charge >= 0.3 is 0 Å². The summed E-state index contributed by atoms with van der Waals surface area (Å²) in [6, 6.07) is 39.0. The van der Waals surface area contributed by atoms with E-state index in [1.807, 2.05) is 60.8 Å². The third-order valence-electron chi connectivity index (χ3n) is 5.84. The zero-order chi connectivity index (χ0) is 23.2. The van der Waals surface area contributed by atoms with Gasteiger partial charge < -0.3 is 5.32 Å². The summed E-state index contributed by atoms with van der Waals surface area (Å²) in [4.78, 5) is 9.61. The molecule has 0 aliphatic heterocycles. The van der Waals surface area contributed by atoms with Gasteiger partial charge in [-0.15, -0.1) is 0 Å². The molecule has 166 valence electrons. The molecule has 0 aliphatic carbocycles. The molecule has 0 saturated heterocycles. The van der Waals surface area contributed by atoms with E-state index in [0.717, 1.165) is 22.4 Å². The summed E-state index contributed by atoms with van der Waals surface area (Å²) in [6.07, 6.45) is 1.88. The van der Waals surface area contributed by atoms with Crippen LogP contribution in [-0.2, 0) is 0 Å². The van der Waals surface area contributed by atoms with E-state index in [1.165, 1.54) is 11.1 Å². The summed E-state index contributed by atoms with van der Waals surface area (Å²) in [6.45, 7) is 0.679. The largest absolute Gasteiger partial charge is 0.353 e. The van der Waals surface area contributed by atoms with Crippen LogP contribution in [-0.4, -0.2) is 16.5 Å². The molecule has 5 aromatic rings. The SMILES string of the molecule is Clc1cccc(-c2cnc(NCC(c3ccccc3)c3ccccc3)nc2-c2ccccc2)c1. The van der Waals surface area contributed by atoms with Gasteiger partial charge in [-0.1, -0.05) is 115 Å². The Morgan fingerprint density at radius 1 is 0.676 bits per heavy atom. The first-order valence-electron chi connectivity index (χ1n) is 11.3. The Morgan fingerprint density at radius 2 is 1.26 bits per heavy atom. The molecule has 0 amide bonds. The first kappa shape index (κ1) is 21.9. The second kappa shape index (κ2) is 10.3. The van der Waals surface area contributed by atoms with E-state index in [9.17, 15) is 0 Å². The molecule has 5 rings (SSSR count). The summed E-state index contributed by atoms with van der Waals surface area (Å²) < 4.78 is 0. The number of hydrogen-bond acceptors (Lipinski definition) is 3. The van der Waals surface area contributed by atoms with Crippen molar-refractivity contribution in [2.45, 2.75) is 5.92 Å². The van der Waals surface area contributed by atoms with E-state index >= 15 is 0 Å². The van der Waals surface area contributed by atoms with Crippen molar-refractivity contribution < 1.29 is 0 Å². The molecule has 0 atom stereocenters. The highest BCUT2D eigenvalue weighted by atomic mass is 35.5. The highest BCUT2D eigenvalue weighted by Gasteiger charge is 2.16. The second-order valence-corrected chi connectivity index (χ2v) is 8.52. The van der Waals surface area contributed by atoms with Gasteiger partial charge in [0.1, 0.15) is 0 Å². The van der Waals surface area contributed by atoms with Crippen molar-refractivity contribution in [3.05, 3.63) is 138 Å². The Labute approximate surface area is 205 Å². The molecule has 0 unspecified atom stereocenters. The highest BCUT2D eigenvalue weighted by Crippen LogP contribution is 2.32. The predicted octanol–water partition coefficient (Wildman–Crippen LogP) is 7.71. The van der Waals surface area contributed by atoms with E-state index in [0.29, 0.717) is 17.5 Å². The molecule has 0 radical (unpaired) electrons. The Balaban J connectivity index is 1.49. The molecule has 0 fully saturated rings. The van der Waals surface area contributed by atoms with Crippen LogP contribution in [0.4, 0.5) is 5.95 Å². The normalized spacial score (nSPS) is 10.9. The van der Waals surface area contributed by atoms with Gasteiger partial charge in [-0.2, -0.15) is 0 Å². The average molecular weight is 462 g/mol. The number of halogens is 1. The maximum Gasteiger partial charge on any atom is 0.223 e. The zero-order valence-corrected chi connectivity index (χ0v) is 19.4. The van der Waals surface area contributed by atoms with Gasteiger partial charge in [-0.05, 0) is 28.8 Å². The zero-order valence-electron chi connectivity index (χ0n) is 18.6. The second-order valence-electron chi connectivity index (χ2n) is 8.09. The third-order valence-corrected chi connectivity index (χ3v) is 6.07.